The van der Waals surface area contributed by atoms with Crippen LogP contribution in [0.3, 0.4) is 0 Å². The van der Waals surface area contributed by atoms with Crippen LogP contribution in [0.25, 0.3) is 0 Å². The van der Waals surface area contributed by atoms with Gasteiger partial charge in [0.1, 0.15) is 17.5 Å². The molecule has 0 aliphatic heterocycles. The van der Waals surface area contributed by atoms with E-state index < -0.39 is 12.0 Å². The predicted molar refractivity (Wildman–Crippen MR) is 51.6 cm³/mol. The van der Waals surface area contributed by atoms with Crippen molar-refractivity contribution in [1.82, 2.24) is 0 Å². The molecule has 0 aliphatic rings. The molecule has 0 amide bonds. The monoisotopic (exact) mass is 219 g/mol. The first-order valence-corrected chi connectivity index (χ1v) is 3.52. The molecular weight excluding hydrogens is 210 g/mol. The van der Waals surface area contributed by atoms with E-state index in [9.17, 15) is 4.79 Å². The van der Waals surface area contributed by atoms with Gasteiger partial charge in [-0.05, 0) is 17.7 Å². The molecule has 0 fully saturated rings. The SMILES string of the molecule is Cl.NC(C(=O)O)c1cc(O)cc(O)c1. The van der Waals surface area contributed by atoms with Crippen molar-refractivity contribution >= 4 is 18.4 Å². The standard InChI is InChI=1S/C8H9NO4.ClH/c9-7(8(12)13)4-1-5(10)3-6(11)2-4;/h1-3,7,10-11H,9H2,(H,12,13);1H. The molecule has 0 aliphatic carbocycles. The van der Waals surface area contributed by atoms with E-state index in [2.05, 4.69) is 0 Å². The summed E-state index contributed by atoms with van der Waals surface area (Å²) in [6.07, 6.45) is 0. The Kier molecular flexibility index (Phi) is 4.20. The van der Waals surface area contributed by atoms with E-state index in [-0.39, 0.29) is 29.5 Å². The zero-order valence-corrected chi connectivity index (χ0v) is 7.86. The molecule has 0 spiro atoms. The summed E-state index contributed by atoms with van der Waals surface area (Å²) in [6.45, 7) is 0. The smallest absolute Gasteiger partial charge is 0.325 e. The van der Waals surface area contributed by atoms with Crippen molar-refractivity contribution in [3.63, 3.8) is 0 Å². The summed E-state index contributed by atoms with van der Waals surface area (Å²) in [4.78, 5) is 10.4. The number of rotatable bonds is 2. The van der Waals surface area contributed by atoms with Crippen LogP contribution in [0, 0.1) is 0 Å². The van der Waals surface area contributed by atoms with Crippen molar-refractivity contribution in [2.24, 2.45) is 5.73 Å². The Hall–Kier alpha value is -1.46. The highest BCUT2D eigenvalue weighted by molar-refractivity contribution is 5.85. The fourth-order valence-corrected chi connectivity index (χ4v) is 0.940. The summed E-state index contributed by atoms with van der Waals surface area (Å²) in [6, 6.07) is 2.24. The lowest BCUT2D eigenvalue weighted by molar-refractivity contribution is -0.138. The number of benzene rings is 1. The van der Waals surface area contributed by atoms with Crippen LogP contribution in [0.2, 0.25) is 0 Å². The first-order chi connectivity index (χ1) is 6.00. The van der Waals surface area contributed by atoms with Crippen LogP contribution in [0.5, 0.6) is 11.5 Å². The average Bonchev–Trinajstić information content (AvgIpc) is 2.01. The van der Waals surface area contributed by atoms with Gasteiger partial charge < -0.3 is 21.1 Å². The van der Waals surface area contributed by atoms with E-state index in [1.807, 2.05) is 0 Å². The molecule has 0 heterocycles. The number of hydrogen-bond acceptors (Lipinski definition) is 4. The molecule has 1 rings (SSSR count). The summed E-state index contributed by atoms with van der Waals surface area (Å²) in [5.74, 6) is -1.65. The fraction of sp³-hybridized carbons (Fsp3) is 0.125. The molecule has 5 nitrogen and oxygen atoms in total. The molecule has 0 aromatic heterocycles. The normalized spacial score (nSPS) is 11.5. The lowest BCUT2D eigenvalue weighted by Gasteiger charge is -2.07. The van der Waals surface area contributed by atoms with Crippen molar-refractivity contribution in [3.05, 3.63) is 23.8 Å². The number of carboxylic acids is 1. The van der Waals surface area contributed by atoms with Gasteiger partial charge in [-0.1, -0.05) is 0 Å². The second-order valence-corrected chi connectivity index (χ2v) is 2.60. The highest BCUT2D eigenvalue weighted by Crippen LogP contribution is 2.23. The van der Waals surface area contributed by atoms with Gasteiger partial charge in [0, 0.05) is 6.07 Å². The lowest BCUT2D eigenvalue weighted by atomic mass is 10.1. The quantitative estimate of drug-likeness (QED) is 0.583. The number of carboxylic acid groups (broad SMARTS) is 1. The van der Waals surface area contributed by atoms with Crippen LogP contribution in [-0.4, -0.2) is 21.3 Å². The van der Waals surface area contributed by atoms with Gasteiger partial charge in [-0.3, -0.25) is 4.79 Å². The van der Waals surface area contributed by atoms with Crippen LogP contribution in [-0.2, 0) is 4.79 Å². The zero-order chi connectivity index (χ0) is 10.0. The summed E-state index contributed by atoms with van der Waals surface area (Å²) >= 11 is 0. The van der Waals surface area contributed by atoms with Gasteiger partial charge >= 0.3 is 5.97 Å². The molecule has 0 bridgehead atoms. The predicted octanol–water partition coefficient (Wildman–Crippen LogP) is 0.604. The lowest BCUT2D eigenvalue weighted by Crippen LogP contribution is -2.20. The van der Waals surface area contributed by atoms with E-state index in [0.29, 0.717) is 0 Å². The molecule has 1 unspecified atom stereocenters. The summed E-state index contributed by atoms with van der Waals surface area (Å²) in [7, 11) is 0. The highest BCUT2D eigenvalue weighted by Gasteiger charge is 2.15. The molecule has 0 saturated heterocycles. The van der Waals surface area contributed by atoms with Crippen molar-refractivity contribution in [3.8, 4) is 11.5 Å². The number of aliphatic carboxylic acids is 1. The molecule has 6 heteroatoms. The summed E-state index contributed by atoms with van der Waals surface area (Å²) in [5, 5.41) is 26.6. The Balaban J connectivity index is 0.00000169. The van der Waals surface area contributed by atoms with Gasteiger partial charge in [0.25, 0.3) is 0 Å². The van der Waals surface area contributed by atoms with E-state index in [1.165, 1.54) is 12.1 Å². The molecule has 1 atom stereocenters. The average molecular weight is 220 g/mol. The van der Waals surface area contributed by atoms with Gasteiger partial charge in [-0.2, -0.15) is 0 Å². The molecule has 5 N–H and O–H groups in total. The summed E-state index contributed by atoms with van der Waals surface area (Å²) < 4.78 is 0. The maximum absolute atomic E-state index is 10.4. The Morgan fingerprint density at radius 2 is 1.64 bits per heavy atom. The Labute approximate surface area is 86.2 Å². The van der Waals surface area contributed by atoms with E-state index in [0.717, 1.165) is 6.07 Å². The maximum Gasteiger partial charge on any atom is 0.325 e. The minimum Gasteiger partial charge on any atom is -0.508 e. The topological polar surface area (TPSA) is 104 Å². The Morgan fingerprint density at radius 3 is 2.00 bits per heavy atom. The van der Waals surface area contributed by atoms with Crippen molar-refractivity contribution < 1.29 is 20.1 Å². The number of carbonyl (C=O) groups is 1. The van der Waals surface area contributed by atoms with E-state index in [4.69, 9.17) is 21.1 Å². The number of phenols is 2. The highest BCUT2D eigenvalue weighted by atomic mass is 35.5. The number of aromatic hydroxyl groups is 2. The summed E-state index contributed by atoms with van der Waals surface area (Å²) in [5.41, 5.74) is 5.41. The third kappa shape index (κ3) is 2.79. The number of nitrogens with two attached hydrogens (primary N) is 1. The van der Waals surface area contributed by atoms with Crippen LogP contribution < -0.4 is 5.73 Å². The molecule has 1 aromatic rings. The largest absolute Gasteiger partial charge is 0.508 e. The van der Waals surface area contributed by atoms with Crippen molar-refractivity contribution in [1.29, 1.82) is 0 Å². The molecule has 0 saturated carbocycles. The maximum atomic E-state index is 10.4. The van der Waals surface area contributed by atoms with Gasteiger partial charge in [-0.15, -0.1) is 12.4 Å². The van der Waals surface area contributed by atoms with Gasteiger partial charge in [-0.25, -0.2) is 0 Å². The third-order valence-electron chi connectivity index (χ3n) is 1.55. The molecular formula is C8H10ClNO4. The minimum absolute atomic E-state index is 0. The molecule has 0 radical (unpaired) electrons. The zero-order valence-electron chi connectivity index (χ0n) is 7.04. The van der Waals surface area contributed by atoms with Gasteiger partial charge in [0.2, 0.25) is 0 Å². The van der Waals surface area contributed by atoms with Crippen LogP contribution in [0.4, 0.5) is 0 Å². The first kappa shape index (κ1) is 12.5. The molecule has 78 valence electrons. The number of phenolic OH excluding ortho intramolecular Hbond substituents is 2. The van der Waals surface area contributed by atoms with Crippen LogP contribution >= 0.6 is 12.4 Å². The van der Waals surface area contributed by atoms with Crippen molar-refractivity contribution in [2.75, 3.05) is 0 Å². The fourth-order valence-electron chi connectivity index (χ4n) is 0.940. The van der Waals surface area contributed by atoms with Crippen LogP contribution in [0.1, 0.15) is 11.6 Å². The Morgan fingerprint density at radius 1 is 1.21 bits per heavy atom. The van der Waals surface area contributed by atoms with E-state index in [1.54, 1.807) is 0 Å². The molecule has 14 heavy (non-hydrogen) atoms. The minimum atomic E-state index is -1.24. The van der Waals surface area contributed by atoms with E-state index >= 15 is 0 Å². The van der Waals surface area contributed by atoms with Gasteiger partial charge in [0.05, 0.1) is 0 Å². The number of halogens is 1. The van der Waals surface area contributed by atoms with Gasteiger partial charge in [0.15, 0.2) is 0 Å². The first-order valence-electron chi connectivity index (χ1n) is 3.52. The Bertz CT molecular complexity index is 322. The van der Waals surface area contributed by atoms with Crippen LogP contribution in [0.15, 0.2) is 18.2 Å². The second kappa shape index (κ2) is 4.69. The van der Waals surface area contributed by atoms with Crippen molar-refractivity contribution in [2.45, 2.75) is 6.04 Å². The second-order valence-electron chi connectivity index (χ2n) is 2.60. The third-order valence-corrected chi connectivity index (χ3v) is 1.55. The number of hydrogen-bond donors (Lipinski definition) is 4. The molecule has 1 aromatic carbocycles.